The topological polar surface area (TPSA) is 73.8 Å². The molecule has 0 aliphatic heterocycles. The van der Waals surface area contributed by atoms with Crippen molar-refractivity contribution in [3.8, 4) is 21.8 Å². The summed E-state index contributed by atoms with van der Waals surface area (Å²) >= 11 is 7.68. The third-order valence-electron chi connectivity index (χ3n) is 4.46. The second kappa shape index (κ2) is 7.27. The van der Waals surface area contributed by atoms with Crippen LogP contribution in [0.2, 0.25) is 5.02 Å². The third-order valence-corrected chi connectivity index (χ3v) is 5.89. The molecule has 0 aliphatic rings. The van der Waals surface area contributed by atoms with Crippen molar-refractivity contribution in [2.75, 3.05) is 0 Å². The van der Waals surface area contributed by atoms with Crippen molar-refractivity contribution in [1.29, 1.82) is 0 Å². The van der Waals surface area contributed by atoms with Gasteiger partial charge in [0.25, 0.3) is 5.56 Å². The fourth-order valence-electron chi connectivity index (χ4n) is 3.03. The summed E-state index contributed by atoms with van der Waals surface area (Å²) in [5.74, 6) is 0.691. The van der Waals surface area contributed by atoms with Crippen molar-refractivity contribution in [1.82, 2.24) is 19.7 Å². The van der Waals surface area contributed by atoms with Gasteiger partial charge in [0.15, 0.2) is 0 Å². The van der Waals surface area contributed by atoms with E-state index in [1.807, 2.05) is 54.6 Å². The SMILES string of the molecule is O=c1c2cc(-c3ccccc3)sc2ncn1Cc1nc(-c2ccccc2Cl)no1. The van der Waals surface area contributed by atoms with Gasteiger partial charge in [0, 0.05) is 10.4 Å². The van der Waals surface area contributed by atoms with Gasteiger partial charge in [-0.05, 0) is 23.8 Å². The summed E-state index contributed by atoms with van der Waals surface area (Å²) in [5, 5.41) is 5.08. The first kappa shape index (κ1) is 17.8. The molecule has 0 radical (unpaired) electrons. The molecule has 0 unspecified atom stereocenters. The minimum absolute atomic E-state index is 0.135. The Morgan fingerprint density at radius 3 is 2.69 bits per heavy atom. The van der Waals surface area contributed by atoms with E-state index in [2.05, 4.69) is 15.1 Å². The lowest BCUT2D eigenvalue weighted by Gasteiger charge is -2.00. The molecule has 3 heterocycles. The molecule has 3 aromatic heterocycles. The number of nitrogens with zero attached hydrogens (tertiary/aromatic N) is 4. The van der Waals surface area contributed by atoms with Gasteiger partial charge in [-0.2, -0.15) is 4.98 Å². The molecular formula is C21H13ClN4O2S. The lowest BCUT2D eigenvalue weighted by Crippen LogP contribution is -2.20. The van der Waals surface area contributed by atoms with E-state index in [-0.39, 0.29) is 12.1 Å². The zero-order chi connectivity index (χ0) is 19.8. The van der Waals surface area contributed by atoms with Crippen LogP contribution in [-0.2, 0) is 6.54 Å². The monoisotopic (exact) mass is 420 g/mol. The number of thiophene rings is 1. The Hall–Kier alpha value is -3.29. The Morgan fingerprint density at radius 2 is 1.86 bits per heavy atom. The third kappa shape index (κ3) is 3.35. The van der Waals surface area contributed by atoms with E-state index in [0.717, 1.165) is 10.4 Å². The van der Waals surface area contributed by atoms with Gasteiger partial charge in [0.2, 0.25) is 11.7 Å². The average molecular weight is 421 g/mol. The molecule has 0 fully saturated rings. The first-order valence-electron chi connectivity index (χ1n) is 8.81. The van der Waals surface area contributed by atoms with Crippen LogP contribution in [0.1, 0.15) is 5.89 Å². The van der Waals surface area contributed by atoms with Crippen LogP contribution >= 0.6 is 22.9 Å². The molecule has 0 spiro atoms. The van der Waals surface area contributed by atoms with Gasteiger partial charge >= 0.3 is 0 Å². The molecule has 0 bridgehead atoms. The van der Waals surface area contributed by atoms with Crippen LogP contribution in [0, 0.1) is 0 Å². The molecule has 8 heteroatoms. The number of benzene rings is 2. The van der Waals surface area contributed by atoms with Gasteiger partial charge in [0.05, 0.1) is 16.7 Å². The van der Waals surface area contributed by atoms with E-state index >= 15 is 0 Å². The molecule has 0 amide bonds. The molecule has 142 valence electrons. The number of fused-ring (bicyclic) bond motifs is 1. The van der Waals surface area contributed by atoms with Crippen molar-refractivity contribution in [3.05, 3.63) is 88.3 Å². The smallest absolute Gasteiger partial charge is 0.262 e. The molecule has 0 saturated carbocycles. The van der Waals surface area contributed by atoms with Crippen LogP contribution in [0.3, 0.4) is 0 Å². The lowest BCUT2D eigenvalue weighted by atomic mass is 10.2. The number of hydrogen-bond donors (Lipinski definition) is 0. The maximum absolute atomic E-state index is 12.9. The van der Waals surface area contributed by atoms with Gasteiger partial charge in [-0.15, -0.1) is 11.3 Å². The normalized spacial score (nSPS) is 11.2. The summed E-state index contributed by atoms with van der Waals surface area (Å²) in [7, 11) is 0. The van der Waals surface area contributed by atoms with E-state index in [1.54, 1.807) is 6.07 Å². The molecule has 0 atom stereocenters. The van der Waals surface area contributed by atoms with Gasteiger partial charge in [-0.1, -0.05) is 59.2 Å². The molecule has 0 saturated heterocycles. The van der Waals surface area contributed by atoms with E-state index in [0.29, 0.717) is 32.5 Å². The summed E-state index contributed by atoms with van der Waals surface area (Å²) in [4.78, 5) is 23.4. The predicted molar refractivity (Wildman–Crippen MR) is 113 cm³/mol. The van der Waals surface area contributed by atoms with Crippen LogP contribution in [0.25, 0.3) is 32.0 Å². The van der Waals surface area contributed by atoms with E-state index in [4.69, 9.17) is 16.1 Å². The minimum Gasteiger partial charge on any atom is -0.337 e. The second-order valence-corrected chi connectivity index (χ2v) is 7.80. The zero-order valence-electron chi connectivity index (χ0n) is 14.9. The molecule has 6 nitrogen and oxygen atoms in total. The first-order chi connectivity index (χ1) is 14.2. The molecule has 29 heavy (non-hydrogen) atoms. The highest BCUT2D eigenvalue weighted by Gasteiger charge is 2.14. The van der Waals surface area contributed by atoms with Gasteiger partial charge in [-0.3, -0.25) is 9.36 Å². The number of rotatable bonds is 4. The maximum Gasteiger partial charge on any atom is 0.262 e. The Labute approximate surface area is 174 Å². The van der Waals surface area contributed by atoms with Gasteiger partial charge in [0.1, 0.15) is 11.4 Å². The largest absolute Gasteiger partial charge is 0.337 e. The molecule has 0 N–H and O–H groups in total. The lowest BCUT2D eigenvalue weighted by molar-refractivity contribution is 0.369. The zero-order valence-corrected chi connectivity index (χ0v) is 16.5. The van der Waals surface area contributed by atoms with Crippen LogP contribution < -0.4 is 5.56 Å². The van der Waals surface area contributed by atoms with Gasteiger partial charge in [-0.25, -0.2) is 4.98 Å². The summed E-state index contributed by atoms with van der Waals surface area (Å²) < 4.78 is 6.78. The standard InChI is InChI=1S/C21H13ClN4O2S/c22-16-9-5-4-8-14(16)19-24-18(28-25-19)11-26-12-23-20-15(21(26)27)10-17(29-20)13-6-2-1-3-7-13/h1-10,12H,11H2. The Balaban J connectivity index is 1.48. The van der Waals surface area contributed by atoms with Crippen LogP contribution in [0.15, 0.2) is 76.3 Å². The fourth-order valence-corrected chi connectivity index (χ4v) is 4.25. The van der Waals surface area contributed by atoms with Crippen molar-refractivity contribution in [2.24, 2.45) is 0 Å². The molecule has 5 aromatic rings. The Bertz CT molecular complexity index is 1370. The summed E-state index contributed by atoms with van der Waals surface area (Å²) in [6.07, 6.45) is 1.51. The van der Waals surface area contributed by atoms with Crippen molar-refractivity contribution < 1.29 is 4.52 Å². The summed E-state index contributed by atoms with van der Waals surface area (Å²) in [6, 6.07) is 19.1. The van der Waals surface area contributed by atoms with Crippen LogP contribution in [0.5, 0.6) is 0 Å². The minimum atomic E-state index is -0.147. The van der Waals surface area contributed by atoms with E-state index in [1.165, 1.54) is 22.2 Å². The average Bonchev–Trinajstić information content (AvgIpc) is 3.39. The number of aromatic nitrogens is 4. The van der Waals surface area contributed by atoms with E-state index in [9.17, 15) is 4.79 Å². The van der Waals surface area contributed by atoms with Crippen molar-refractivity contribution in [3.63, 3.8) is 0 Å². The first-order valence-corrected chi connectivity index (χ1v) is 10.0. The molecule has 5 rings (SSSR count). The molecular weight excluding hydrogens is 408 g/mol. The highest BCUT2D eigenvalue weighted by atomic mass is 35.5. The Morgan fingerprint density at radius 1 is 1.07 bits per heavy atom. The van der Waals surface area contributed by atoms with E-state index < -0.39 is 0 Å². The van der Waals surface area contributed by atoms with Crippen LogP contribution in [0.4, 0.5) is 0 Å². The Kier molecular flexibility index (Phi) is 4.46. The predicted octanol–water partition coefficient (Wildman–Crippen LogP) is 4.88. The summed E-state index contributed by atoms with van der Waals surface area (Å²) in [6.45, 7) is 0.135. The van der Waals surface area contributed by atoms with Crippen molar-refractivity contribution in [2.45, 2.75) is 6.54 Å². The second-order valence-electron chi connectivity index (χ2n) is 6.36. The number of hydrogen-bond acceptors (Lipinski definition) is 6. The molecule has 2 aromatic carbocycles. The summed E-state index contributed by atoms with van der Waals surface area (Å²) in [5.41, 5.74) is 1.59. The maximum atomic E-state index is 12.9. The highest BCUT2D eigenvalue weighted by Crippen LogP contribution is 2.30. The highest BCUT2D eigenvalue weighted by molar-refractivity contribution is 7.21. The van der Waals surface area contributed by atoms with Crippen LogP contribution in [-0.4, -0.2) is 19.7 Å². The number of halogens is 1. The quantitative estimate of drug-likeness (QED) is 0.414. The van der Waals surface area contributed by atoms with Gasteiger partial charge < -0.3 is 4.52 Å². The van der Waals surface area contributed by atoms with Crippen molar-refractivity contribution >= 4 is 33.2 Å². The fraction of sp³-hybridized carbons (Fsp3) is 0.0476. The molecule has 0 aliphatic carbocycles.